The highest BCUT2D eigenvalue weighted by Gasteiger charge is 2.09. The molecule has 2 N–H and O–H groups in total. The highest BCUT2D eigenvalue weighted by Crippen LogP contribution is 2.33. The number of ether oxygens (including phenoxy) is 2. The minimum absolute atomic E-state index is 0.110. The maximum Gasteiger partial charge on any atom is 0.162 e. The summed E-state index contributed by atoms with van der Waals surface area (Å²) < 4.78 is 10.6. The molecule has 21 heavy (non-hydrogen) atoms. The highest BCUT2D eigenvalue weighted by molar-refractivity contribution is 6.30. The highest BCUT2D eigenvalue weighted by atomic mass is 35.5. The third-order valence-electron chi connectivity index (χ3n) is 2.94. The third-order valence-corrected chi connectivity index (χ3v) is 3.16. The van der Waals surface area contributed by atoms with Crippen molar-refractivity contribution >= 4 is 11.6 Å². The maximum atomic E-state index is 9.99. The van der Waals surface area contributed by atoms with Gasteiger partial charge in [0.2, 0.25) is 0 Å². The number of nitrogens with one attached hydrogen (secondary N) is 1. The van der Waals surface area contributed by atoms with Gasteiger partial charge in [-0.1, -0.05) is 29.8 Å². The first-order valence-corrected chi connectivity index (χ1v) is 7.02. The van der Waals surface area contributed by atoms with Gasteiger partial charge in [0.05, 0.1) is 7.11 Å². The van der Waals surface area contributed by atoms with Crippen molar-refractivity contribution in [2.24, 2.45) is 0 Å². The number of hydrogen-bond donors (Lipinski definition) is 2. The second kappa shape index (κ2) is 7.76. The molecule has 0 aliphatic carbocycles. The van der Waals surface area contributed by atoms with Gasteiger partial charge in [0.25, 0.3) is 0 Å². The molecule has 0 heterocycles. The van der Waals surface area contributed by atoms with Gasteiger partial charge < -0.3 is 19.9 Å². The van der Waals surface area contributed by atoms with Crippen molar-refractivity contribution in [2.45, 2.75) is 6.54 Å². The molecule has 0 unspecified atom stereocenters. The second-order valence-electron chi connectivity index (χ2n) is 4.45. The predicted octanol–water partition coefficient (Wildman–Crippen LogP) is 3.22. The first-order valence-electron chi connectivity index (χ1n) is 6.64. The molecule has 0 saturated heterocycles. The summed E-state index contributed by atoms with van der Waals surface area (Å²) in [6.45, 7) is 1.69. The number of hydrogen-bond acceptors (Lipinski definition) is 4. The average molecular weight is 308 g/mol. The van der Waals surface area contributed by atoms with Crippen molar-refractivity contribution in [3.05, 3.63) is 53.1 Å². The summed E-state index contributed by atoms with van der Waals surface area (Å²) in [6, 6.07) is 12.9. The van der Waals surface area contributed by atoms with Crippen LogP contribution in [0.3, 0.4) is 0 Å². The van der Waals surface area contributed by atoms with E-state index in [2.05, 4.69) is 5.32 Å². The molecule has 2 aromatic rings. The molecule has 4 nitrogen and oxygen atoms in total. The number of halogens is 1. The van der Waals surface area contributed by atoms with Crippen LogP contribution in [-0.2, 0) is 6.54 Å². The molecule has 0 atom stereocenters. The van der Waals surface area contributed by atoms with Crippen molar-refractivity contribution in [1.82, 2.24) is 5.32 Å². The van der Waals surface area contributed by atoms with E-state index in [0.29, 0.717) is 36.0 Å². The van der Waals surface area contributed by atoms with Gasteiger partial charge in [-0.2, -0.15) is 0 Å². The molecular weight excluding hydrogens is 290 g/mol. The van der Waals surface area contributed by atoms with Crippen LogP contribution in [-0.4, -0.2) is 25.4 Å². The van der Waals surface area contributed by atoms with Gasteiger partial charge in [-0.05, 0) is 18.2 Å². The fraction of sp³-hybridized carbons (Fsp3) is 0.250. The molecule has 0 saturated carbocycles. The van der Waals surface area contributed by atoms with Gasteiger partial charge in [0.1, 0.15) is 12.4 Å². The first kappa shape index (κ1) is 15.5. The van der Waals surface area contributed by atoms with Crippen molar-refractivity contribution in [1.29, 1.82) is 0 Å². The Labute approximate surface area is 129 Å². The SMILES string of the molecule is COc1cc(Cl)cc(CNCCOc2ccccc2)c1O. The Morgan fingerprint density at radius 2 is 1.95 bits per heavy atom. The third kappa shape index (κ3) is 4.55. The standard InChI is InChI=1S/C16H18ClNO3/c1-20-15-10-13(17)9-12(16(15)19)11-18-7-8-21-14-5-3-2-4-6-14/h2-6,9-10,18-19H,7-8,11H2,1H3. The molecule has 112 valence electrons. The van der Waals surface area contributed by atoms with E-state index in [-0.39, 0.29) is 5.75 Å². The fourth-order valence-electron chi connectivity index (χ4n) is 1.90. The van der Waals surface area contributed by atoms with E-state index >= 15 is 0 Å². The van der Waals surface area contributed by atoms with Crippen molar-refractivity contribution in [2.75, 3.05) is 20.3 Å². The summed E-state index contributed by atoms with van der Waals surface area (Å²) >= 11 is 5.98. The summed E-state index contributed by atoms with van der Waals surface area (Å²) in [7, 11) is 1.50. The molecule has 0 fully saturated rings. The molecule has 0 aliphatic rings. The van der Waals surface area contributed by atoms with Crippen LogP contribution in [0.5, 0.6) is 17.2 Å². The Morgan fingerprint density at radius 3 is 2.67 bits per heavy atom. The Hall–Kier alpha value is -1.91. The topological polar surface area (TPSA) is 50.7 Å². The van der Waals surface area contributed by atoms with E-state index in [9.17, 15) is 5.11 Å². The molecule has 0 aromatic heterocycles. The van der Waals surface area contributed by atoms with Gasteiger partial charge in [0.15, 0.2) is 11.5 Å². The molecule has 2 rings (SSSR count). The first-order chi connectivity index (χ1) is 10.2. The Balaban J connectivity index is 1.80. The zero-order valence-electron chi connectivity index (χ0n) is 11.8. The van der Waals surface area contributed by atoms with E-state index in [0.717, 1.165) is 5.75 Å². The van der Waals surface area contributed by atoms with E-state index in [1.807, 2.05) is 30.3 Å². The van der Waals surface area contributed by atoms with Gasteiger partial charge in [-0.25, -0.2) is 0 Å². The zero-order chi connectivity index (χ0) is 15.1. The van der Waals surface area contributed by atoms with Crippen molar-refractivity contribution in [3.63, 3.8) is 0 Å². The zero-order valence-corrected chi connectivity index (χ0v) is 12.6. The smallest absolute Gasteiger partial charge is 0.162 e. The molecule has 0 aliphatic heterocycles. The summed E-state index contributed by atoms with van der Waals surface area (Å²) in [5, 5.41) is 13.7. The largest absolute Gasteiger partial charge is 0.504 e. The van der Waals surface area contributed by atoms with Crippen LogP contribution in [0, 0.1) is 0 Å². The van der Waals surface area contributed by atoms with Crippen LogP contribution in [0.2, 0.25) is 5.02 Å². The minimum atomic E-state index is 0.110. The van der Waals surface area contributed by atoms with Gasteiger partial charge >= 0.3 is 0 Å². The summed E-state index contributed by atoms with van der Waals surface area (Å²) in [6.07, 6.45) is 0. The van der Waals surface area contributed by atoms with Crippen LogP contribution in [0.25, 0.3) is 0 Å². The lowest BCUT2D eigenvalue weighted by Crippen LogP contribution is -2.20. The van der Waals surface area contributed by atoms with Gasteiger partial charge in [-0.15, -0.1) is 0 Å². The van der Waals surface area contributed by atoms with Crippen LogP contribution < -0.4 is 14.8 Å². The number of rotatable bonds is 7. The van der Waals surface area contributed by atoms with Crippen LogP contribution >= 0.6 is 11.6 Å². The quantitative estimate of drug-likeness (QED) is 0.771. The van der Waals surface area contributed by atoms with Crippen LogP contribution in [0.1, 0.15) is 5.56 Å². The van der Waals surface area contributed by atoms with Gasteiger partial charge in [-0.3, -0.25) is 0 Å². The lowest BCUT2D eigenvalue weighted by molar-refractivity contribution is 0.313. The molecular formula is C16H18ClNO3. The lowest BCUT2D eigenvalue weighted by Gasteiger charge is -2.11. The van der Waals surface area contributed by atoms with Crippen LogP contribution in [0.4, 0.5) is 0 Å². The minimum Gasteiger partial charge on any atom is -0.504 e. The number of methoxy groups -OCH3 is 1. The van der Waals surface area contributed by atoms with Crippen molar-refractivity contribution in [3.8, 4) is 17.2 Å². The molecule has 0 spiro atoms. The average Bonchev–Trinajstić information content (AvgIpc) is 2.51. The normalized spacial score (nSPS) is 10.4. The van der Waals surface area contributed by atoms with E-state index in [4.69, 9.17) is 21.1 Å². The molecule has 2 aromatic carbocycles. The number of phenolic OH excluding ortho intramolecular Hbond substituents is 1. The number of aromatic hydroxyl groups is 1. The van der Waals surface area contributed by atoms with Gasteiger partial charge in [0, 0.05) is 29.7 Å². The second-order valence-corrected chi connectivity index (χ2v) is 4.89. The molecule has 5 heteroatoms. The molecule has 0 radical (unpaired) electrons. The Bertz CT molecular complexity index is 575. The maximum absolute atomic E-state index is 9.99. The fourth-order valence-corrected chi connectivity index (χ4v) is 2.13. The van der Waals surface area contributed by atoms with E-state index in [1.54, 1.807) is 12.1 Å². The summed E-state index contributed by atoms with van der Waals surface area (Å²) in [4.78, 5) is 0. The predicted molar refractivity (Wildman–Crippen MR) is 83.3 cm³/mol. The summed E-state index contributed by atoms with van der Waals surface area (Å²) in [5.41, 5.74) is 0.694. The number of phenols is 1. The van der Waals surface area contributed by atoms with Crippen molar-refractivity contribution < 1.29 is 14.6 Å². The van der Waals surface area contributed by atoms with E-state index < -0.39 is 0 Å². The number of benzene rings is 2. The lowest BCUT2D eigenvalue weighted by atomic mass is 10.2. The Kier molecular flexibility index (Phi) is 5.72. The molecule has 0 bridgehead atoms. The van der Waals surface area contributed by atoms with Crippen LogP contribution in [0.15, 0.2) is 42.5 Å². The Morgan fingerprint density at radius 1 is 1.19 bits per heavy atom. The summed E-state index contributed by atoms with van der Waals surface area (Å²) in [5.74, 6) is 1.32. The number of para-hydroxylation sites is 1. The molecule has 0 amide bonds. The van der Waals surface area contributed by atoms with E-state index in [1.165, 1.54) is 7.11 Å². The monoisotopic (exact) mass is 307 g/mol.